The molecule has 0 radical (unpaired) electrons. The zero-order chi connectivity index (χ0) is 32.8. The Morgan fingerprint density at radius 2 is 1.60 bits per heavy atom. The number of fused-ring (bicyclic) bond motifs is 1. The molecular formula is C27H33N13O5. The molecule has 14 N–H and O–H groups in total. The molecule has 0 aliphatic carbocycles. The van der Waals surface area contributed by atoms with Crippen LogP contribution in [-0.2, 0) is 11.4 Å². The Balaban J connectivity index is 0.00000177. The van der Waals surface area contributed by atoms with E-state index in [9.17, 15) is 9.59 Å². The van der Waals surface area contributed by atoms with Gasteiger partial charge in [0.1, 0.15) is 12.4 Å². The lowest BCUT2D eigenvalue weighted by Crippen LogP contribution is -2.30. The van der Waals surface area contributed by atoms with E-state index in [0.717, 1.165) is 0 Å². The van der Waals surface area contributed by atoms with Crippen molar-refractivity contribution in [2.24, 2.45) is 16.7 Å². The number of aromatic nitrogens is 4. The number of hydrazone groups is 1. The zero-order valence-electron chi connectivity index (χ0n) is 23.9. The highest BCUT2D eigenvalue weighted by Gasteiger charge is 2.15. The third-order valence-electron chi connectivity index (χ3n) is 5.93. The number of benzene rings is 2. The number of amides is 2. The lowest BCUT2D eigenvalue weighted by Gasteiger charge is -2.11. The first kappa shape index (κ1) is 33.2. The molecule has 0 atom stereocenters. The summed E-state index contributed by atoms with van der Waals surface area (Å²) in [7, 11) is 0. The second-order valence-electron chi connectivity index (χ2n) is 9.07. The van der Waals surface area contributed by atoms with E-state index in [2.05, 4.69) is 41.2 Å². The van der Waals surface area contributed by atoms with Crippen molar-refractivity contribution in [2.75, 3.05) is 30.3 Å². The summed E-state index contributed by atoms with van der Waals surface area (Å²) in [5, 5.41) is 16.3. The van der Waals surface area contributed by atoms with Crippen molar-refractivity contribution in [3.8, 4) is 5.75 Å². The van der Waals surface area contributed by atoms with Crippen molar-refractivity contribution in [2.45, 2.75) is 19.4 Å². The van der Waals surface area contributed by atoms with E-state index in [1.54, 1.807) is 42.5 Å². The van der Waals surface area contributed by atoms with E-state index in [0.29, 0.717) is 70.9 Å². The average Bonchev–Trinajstić information content (AvgIpc) is 3.02. The van der Waals surface area contributed by atoms with Crippen molar-refractivity contribution in [1.82, 2.24) is 36.1 Å². The van der Waals surface area contributed by atoms with Crippen molar-refractivity contribution in [3.63, 3.8) is 0 Å². The van der Waals surface area contributed by atoms with Gasteiger partial charge >= 0.3 is 0 Å². The first-order valence-electron chi connectivity index (χ1n) is 13.3. The lowest BCUT2D eigenvalue weighted by atomic mass is 10.0. The number of nitrogens with one attached hydrogen (secondary N) is 3. The molecule has 18 nitrogen and oxygen atoms in total. The van der Waals surface area contributed by atoms with Gasteiger partial charge in [-0.05, 0) is 55.3 Å². The van der Waals surface area contributed by atoms with Crippen molar-refractivity contribution in [1.29, 1.82) is 0 Å². The van der Waals surface area contributed by atoms with Gasteiger partial charge in [-0.25, -0.2) is 21.3 Å². The molecule has 0 saturated carbocycles. The van der Waals surface area contributed by atoms with Crippen molar-refractivity contribution in [3.05, 3.63) is 71.0 Å². The number of carbonyl (C=O) groups is 3. The number of anilines is 3. The van der Waals surface area contributed by atoms with Gasteiger partial charge in [-0.3, -0.25) is 14.4 Å². The summed E-state index contributed by atoms with van der Waals surface area (Å²) >= 11 is 0. The molecule has 0 spiro atoms. The van der Waals surface area contributed by atoms with Crippen LogP contribution >= 0.6 is 0 Å². The number of rotatable bonds is 12. The van der Waals surface area contributed by atoms with E-state index >= 15 is 0 Å². The molecule has 2 amide bonds. The van der Waals surface area contributed by atoms with Crippen LogP contribution in [0.1, 0.15) is 44.8 Å². The number of nitrogen functional groups attached to an aromatic ring is 3. The molecule has 0 fully saturated rings. The van der Waals surface area contributed by atoms with Gasteiger partial charge in [0.25, 0.3) is 18.3 Å². The fourth-order valence-electron chi connectivity index (χ4n) is 3.86. The minimum Gasteiger partial charge on any atom is -0.487 e. The zero-order valence-corrected chi connectivity index (χ0v) is 23.9. The normalized spacial score (nSPS) is 10.7. The Kier molecular flexibility index (Phi) is 12.1. The number of ether oxygens (including phenoxy) is 1. The standard InChI is InChI=1S/C26H31N13O3.CH2O2/c27-15-5-8-18(19(11-15)21(28)38-39-31)25(41)33-10-2-1-9-32-24(40)14-3-6-17(7-4-14)42-13-16-12-34-23-20(35-16)22(29)36-26(30)37-23;2-1-3/h3-8,11-12,39H,1-2,9-10,13,27,31H2,(H2,28,38)(H,32,40)(H,33,41)(H4,29,30,34,36,37);1H,(H,2,3). The van der Waals surface area contributed by atoms with Gasteiger partial charge in [0.2, 0.25) is 5.95 Å². The Hall–Kier alpha value is -6.30. The highest BCUT2D eigenvalue weighted by molar-refractivity contribution is 6.09. The molecule has 0 aliphatic rings. The molecule has 2 heterocycles. The summed E-state index contributed by atoms with van der Waals surface area (Å²) in [6.07, 6.45) is 2.81. The highest BCUT2D eigenvalue weighted by atomic mass is 16.5. The SMILES string of the molecule is NN/N=C(\N)c1cc(N)ccc1C(=O)NCCCCNC(=O)c1ccc(OCc2cnc3nc(N)nc(N)c3n2)cc1.O=CO. The molecular weight excluding hydrogens is 586 g/mol. The van der Waals surface area contributed by atoms with E-state index < -0.39 is 0 Å². The van der Waals surface area contributed by atoms with Crippen LogP contribution in [0.25, 0.3) is 11.2 Å². The molecule has 0 bridgehead atoms. The summed E-state index contributed by atoms with van der Waals surface area (Å²) < 4.78 is 5.75. The van der Waals surface area contributed by atoms with Gasteiger partial charge in [0.05, 0.1) is 17.5 Å². The second kappa shape index (κ2) is 16.4. The summed E-state index contributed by atoms with van der Waals surface area (Å²) in [5.74, 6) is 5.36. The van der Waals surface area contributed by atoms with Gasteiger partial charge in [-0.15, -0.1) is 5.10 Å². The number of carbonyl (C=O) groups excluding carboxylic acids is 2. The summed E-state index contributed by atoms with van der Waals surface area (Å²) in [6, 6.07) is 11.4. The maximum Gasteiger partial charge on any atom is 0.290 e. The fourth-order valence-corrected chi connectivity index (χ4v) is 3.86. The summed E-state index contributed by atoms with van der Waals surface area (Å²) in [5.41, 5.74) is 27.9. The number of hydrogen-bond donors (Lipinski definition) is 9. The smallest absolute Gasteiger partial charge is 0.290 e. The first-order valence-corrected chi connectivity index (χ1v) is 13.3. The van der Waals surface area contributed by atoms with Crippen molar-refractivity contribution >= 4 is 52.7 Å². The molecule has 0 saturated heterocycles. The Labute approximate surface area is 256 Å². The Bertz CT molecular complexity index is 1670. The van der Waals surface area contributed by atoms with Gasteiger partial charge in [-0.1, -0.05) is 0 Å². The van der Waals surface area contributed by atoms with Gasteiger partial charge in [0.15, 0.2) is 22.8 Å². The highest BCUT2D eigenvalue weighted by Crippen LogP contribution is 2.17. The number of carboxylic acid groups (broad SMARTS) is 1. The molecule has 2 aromatic carbocycles. The minimum atomic E-state index is -0.331. The third-order valence-corrected chi connectivity index (χ3v) is 5.93. The van der Waals surface area contributed by atoms with Gasteiger partial charge in [-0.2, -0.15) is 9.97 Å². The van der Waals surface area contributed by atoms with Crippen LogP contribution in [0.2, 0.25) is 0 Å². The van der Waals surface area contributed by atoms with Gasteiger partial charge in [0, 0.05) is 29.9 Å². The molecule has 236 valence electrons. The van der Waals surface area contributed by atoms with Gasteiger partial charge < -0.3 is 43.4 Å². The summed E-state index contributed by atoms with van der Waals surface area (Å²) in [6.45, 7) is 0.702. The average molecular weight is 620 g/mol. The van der Waals surface area contributed by atoms with Crippen LogP contribution in [0.15, 0.2) is 53.8 Å². The van der Waals surface area contributed by atoms with E-state index in [1.807, 2.05) is 0 Å². The monoisotopic (exact) mass is 619 g/mol. The first-order chi connectivity index (χ1) is 21.7. The van der Waals surface area contributed by atoms with Crippen LogP contribution in [0.4, 0.5) is 17.5 Å². The molecule has 0 aliphatic heterocycles. The fraction of sp³-hybridized carbons (Fsp3) is 0.185. The number of nitrogens with zero attached hydrogens (tertiary/aromatic N) is 5. The molecule has 2 aromatic heterocycles. The van der Waals surface area contributed by atoms with Crippen molar-refractivity contribution < 1.29 is 24.2 Å². The molecule has 18 heteroatoms. The lowest BCUT2D eigenvalue weighted by molar-refractivity contribution is -0.122. The van der Waals surface area contributed by atoms with Crippen LogP contribution < -0.4 is 49.7 Å². The Morgan fingerprint density at radius 1 is 0.933 bits per heavy atom. The minimum absolute atomic E-state index is 0.0232. The number of amidine groups is 1. The predicted molar refractivity (Wildman–Crippen MR) is 166 cm³/mol. The molecule has 45 heavy (non-hydrogen) atoms. The number of unbranched alkanes of at least 4 members (excludes halogenated alkanes) is 1. The molecule has 4 rings (SSSR count). The predicted octanol–water partition coefficient (Wildman–Crippen LogP) is -0.530. The topological polar surface area (TPSA) is 311 Å². The van der Waals surface area contributed by atoms with Crippen LogP contribution in [0, 0.1) is 0 Å². The van der Waals surface area contributed by atoms with E-state index in [4.69, 9.17) is 43.4 Å². The van der Waals surface area contributed by atoms with E-state index in [-0.39, 0.29) is 42.5 Å². The van der Waals surface area contributed by atoms with Crippen LogP contribution in [-0.4, -0.2) is 62.3 Å². The number of nitrogens with two attached hydrogens (primary N) is 5. The summed E-state index contributed by atoms with van der Waals surface area (Å²) in [4.78, 5) is 49.9. The maximum atomic E-state index is 12.6. The number of hydrazine groups is 1. The second-order valence-corrected chi connectivity index (χ2v) is 9.07. The van der Waals surface area contributed by atoms with E-state index in [1.165, 1.54) is 6.20 Å². The Morgan fingerprint density at radius 3 is 2.27 bits per heavy atom. The molecule has 0 unspecified atom stereocenters. The molecule has 4 aromatic rings. The van der Waals surface area contributed by atoms with Crippen LogP contribution in [0.3, 0.4) is 0 Å². The quantitative estimate of drug-likeness (QED) is 0.0183. The largest absolute Gasteiger partial charge is 0.487 e. The maximum absolute atomic E-state index is 12.6. The van der Waals surface area contributed by atoms with Crippen LogP contribution in [0.5, 0.6) is 5.75 Å². The number of hydrogen-bond acceptors (Lipinski definition) is 14. The third kappa shape index (κ3) is 9.61.